The van der Waals surface area contributed by atoms with Crippen LogP contribution >= 0.6 is 12.6 Å². The highest BCUT2D eigenvalue weighted by molar-refractivity contribution is 7.80. The molecule has 0 aliphatic carbocycles. The number of nitrogens with one attached hydrogen (secondary N) is 1. The summed E-state index contributed by atoms with van der Waals surface area (Å²) in [5.41, 5.74) is 0.425. The van der Waals surface area contributed by atoms with Crippen molar-refractivity contribution < 1.29 is 14.8 Å². The number of nitro benzene ring substituents is 1. The molecule has 0 saturated carbocycles. The quantitative estimate of drug-likeness (QED) is 0.402. The van der Waals surface area contributed by atoms with E-state index in [1.165, 1.54) is 6.07 Å². The Morgan fingerprint density at radius 2 is 2.18 bits per heavy atom. The Morgan fingerprint density at radius 3 is 2.71 bits per heavy atom. The van der Waals surface area contributed by atoms with E-state index in [4.69, 9.17) is 5.11 Å². The predicted molar refractivity (Wildman–Crippen MR) is 65.2 cm³/mol. The molecule has 2 N–H and O–H groups in total. The molecule has 17 heavy (non-hydrogen) atoms. The van der Waals surface area contributed by atoms with Crippen molar-refractivity contribution in [1.82, 2.24) is 5.32 Å². The molecule has 0 spiro atoms. The molecular weight excluding hydrogens is 244 g/mol. The Labute approximate surface area is 103 Å². The average molecular weight is 256 g/mol. The highest BCUT2D eigenvalue weighted by Crippen LogP contribution is 2.17. The Hall–Kier alpha value is -1.60. The van der Waals surface area contributed by atoms with Crippen molar-refractivity contribution in [3.63, 3.8) is 0 Å². The number of carbonyl (C=O) groups is 1. The third-order valence-electron chi connectivity index (χ3n) is 2.21. The number of benzene rings is 1. The number of rotatable bonds is 6. The number of nitrogens with zero attached hydrogens (tertiary/aromatic N) is 1. The number of para-hydroxylation sites is 1. The summed E-state index contributed by atoms with van der Waals surface area (Å²) in [6.45, 7) is 0.120. The van der Waals surface area contributed by atoms with Crippen LogP contribution in [0.25, 0.3) is 0 Å². The summed E-state index contributed by atoms with van der Waals surface area (Å²) in [5, 5.41) is 22.2. The molecule has 0 unspecified atom stereocenters. The second-order valence-corrected chi connectivity index (χ2v) is 3.71. The van der Waals surface area contributed by atoms with Crippen LogP contribution in [0, 0.1) is 10.1 Å². The molecule has 0 radical (unpaired) electrons. The second-order valence-electron chi connectivity index (χ2n) is 3.34. The van der Waals surface area contributed by atoms with E-state index in [0.29, 0.717) is 5.56 Å². The van der Waals surface area contributed by atoms with Crippen LogP contribution in [0.2, 0.25) is 0 Å². The van der Waals surface area contributed by atoms with Gasteiger partial charge < -0.3 is 5.11 Å². The van der Waals surface area contributed by atoms with Crippen molar-refractivity contribution in [3.05, 3.63) is 39.9 Å². The van der Waals surface area contributed by atoms with Gasteiger partial charge in [0.15, 0.2) is 0 Å². The Balaban J connectivity index is 2.75. The molecule has 0 bridgehead atoms. The first kappa shape index (κ1) is 13.5. The minimum Gasteiger partial charge on any atom is -0.480 e. The lowest BCUT2D eigenvalue weighted by atomic mass is 10.1. The largest absolute Gasteiger partial charge is 0.480 e. The third-order valence-corrected chi connectivity index (χ3v) is 2.57. The van der Waals surface area contributed by atoms with Crippen LogP contribution in [0.1, 0.15) is 5.56 Å². The Kier molecular flexibility index (Phi) is 4.92. The van der Waals surface area contributed by atoms with E-state index in [9.17, 15) is 14.9 Å². The highest BCUT2D eigenvalue weighted by atomic mass is 32.1. The van der Waals surface area contributed by atoms with E-state index in [1.807, 2.05) is 0 Å². The summed E-state index contributed by atoms with van der Waals surface area (Å²) >= 11 is 3.89. The molecule has 0 amide bonds. The molecule has 0 aromatic heterocycles. The molecular formula is C10H12N2O4S. The van der Waals surface area contributed by atoms with E-state index in [-0.39, 0.29) is 18.0 Å². The highest BCUT2D eigenvalue weighted by Gasteiger charge is 2.17. The first-order chi connectivity index (χ1) is 8.06. The maximum atomic E-state index is 10.7. The van der Waals surface area contributed by atoms with Gasteiger partial charge in [-0.1, -0.05) is 18.2 Å². The molecule has 6 nitrogen and oxygen atoms in total. The molecule has 1 aromatic carbocycles. The van der Waals surface area contributed by atoms with Gasteiger partial charge in [0, 0.05) is 23.9 Å². The van der Waals surface area contributed by atoms with Crippen molar-refractivity contribution in [2.24, 2.45) is 0 Å². The summed E-state index contributed by atoms with van der Waals surface area (Å²) in [6.07, 6.45) is 0. The van der Waals surface area contributed by atoms with E-state index >= 15 is 0 Å². The number of thiol groups is 1. The molecule has 92 valence electrons. The molecule has 1 rings (SSSR count). The Morgan fingerprint density at radius 1 is 1.53 bits per heavy atom. The fourth-order valence-electron chi connectivity index (χ4n) is 1.30. The van der Waals surface area contributed by atoms with E-state index in [2.05, 4.69) is 17.9 Å². The number of hydrogen-bond donors (Lipinski definition) is 3. The van der Waals surface area contributed by atoms with E-state index in [0.717, 1.165) is 0 Å². The average Bonchev–Trinajstić information content (AvgIpc) is 2.29. The third kappa shape index (κ3) is 3.72. The number of hydrogen-bond acceptors (Lipinski definition) is 5. The van der Waals surface area contributed by atoms with Gasteiger partial charge in [0.2, 0.25) is 0 Å². The normalized spacial score (nSPS) is 12.1. The maximum absolute atomic E-state index is 10.7. The van der Waals surface area contributed by atoms with Gasteiger partial charge in [-0.15, -0.1) is 0 Å². The van der Waals surface area contributed by atoms with Crippen molar-refractivity contribution in [3.8, 4) is 0 Å². The lowest BCUT2D eigenvalue weighted by Crippen LogP contribution is -2.37. The standard InChI is InChI=1S/C10H12N2O4S/c13-10(14)8(6-17)11-5-7-3-1-2-4-9(7)12(15)16/h1-4,8,11,17H,5-6H2,(H,13,14)/t8-/m1/s1. The van der Waals surface area contributed by atoms with Crippen LogP contribution in [-0.2, 0) is 11.3 Å². The SMILES string of the molecule is O=C(O)[C@@H](CS)NCc1ccccc1[N+](=O)[O-]. The van der Waals surface area contributed by atoms with Gasteiger partial charge in [-0.2, -0.15) is 12.6 Å². The van der Waals surface area contributed by atoms with Gasteiger partial charge in [0.25, 0.3) is 5.69 Å². The minimum absolute atomic E-state index is 0.0247. The molecule has 0 aliphatic rings. The minimum atomic E-state index is -1.03. The molecule has 0 aliphatic heterocycles. The van der Waals surface area contributed by atoms with Crippen molar-refractivity contribution in [2.45, 2.75) is 12.6 Å². The molecule has 1 aromatic rings. The zero-order valence-corrected chi connectivity index (χ0v) is 9.76. The maximum Gasteiger partial charge on any atom is 0.321 e. The molecule has 7 heteroatoms. The fraction of sp³-hybridized carbons (Fsp3) is 0.300. The number of aliphatic carboxylic acids is 1. The zero-order valence-electron chi connectivity index (χ0n) is 8.87. The van der Waals surface area contributed by atoms with E-state index in [1.54, 1.807) is 18.2 Å². The van der Waals surface area contributed by atoms with Gasteiger partial charge >= 0.3 is 5.97 Å². The van der Waals surface area contributed by atoms with Gasteiger partial charge in [0.1, 0.15) is 6.04 Å². The van der Waals surface area contributed by atoms with E-state index < -0.39 is 16.9 Å². The smallest absolute Gasteiger partial charge is 0.321 e. The van der Waals surface area contributed by atoms with Gasteiger partial charge in [-0.05, 0) is 0 Å². The second kappa shape index (κ2) is 6.21. The topological polar surface area (TPSA) is 92.5 Å². The first-order valence-corrected chi connectivity index (χ1v) is 5.49. The van der Waals surface area contributed by atoms with Crippen LogP contribution in [0.15, 0.2) is 24.3 Å². The lowest BCUT2D eigenvalue weighted by molar-refractivity contribution is -0.385. The van der Waals surface area contributed by atoms with Crippen LogP contribution in [0.5, 0.6) is 0 Å². The number of carboxylic acids is 1. The molecule has 0 heterocycles. The molecule has 1 atom stereocenters. The lowest BCUT2D eigenvalue weighted by Gasteiger charge is -2.11. The predicted octanol–water partition coefficient (Wildman–Crippen LogP) is 1.07. The van der Waals surface area contributed by atoms with Crippen LogP contribution in [0.4, 0.5) is 5.69 Å². The van der Waals surface area contributed by atoms with Crippen molar-refractivity contribution >= 4 is 24.3 Å². The first-order valence-electron chi connectivity index (χ1n) is 4.85. The number of nitro groups is 1. The van der Waals surface area contributed by atoms with Crippen LogP contribution in [0.3, 0.4) is 0 Å². The monoisotopic (exact) mass is 256 g/mol. The summed E-state index contributed by atoms with van der Waals surface area (Å²) in [5.74, 6) is -0.908. The Bertz CT molecular complexity index is 425. The van der Waals surface area contributed by atoms with Crippen LogP contribution < -0.4 is 5.32 Å². The summed E-state index contributed by atoms with van der Waals surface area (Å²) in [7, 11) is 0. The molecule has 0 saturated heterocycles. The van der Waals surface area contributed by atoms with Crippen LogP contribution in [-0.4, -0.2) is 27.8 Å². The van der Waals surface area contributed by atoms with Gasteiger partial charge in [0.05, 0.1) is 4.92 Å². The van der Waals surface area contributed by atoms with Crippen molar-refractivity contribution in [1.29, 1.82) is 0 Å². The van der Waals surface area contributed by atoms with Gasteiger partial charge in [-0.3, -0.25) is 20.2 Å². The van der Waals surface area contributed by atoms with Crippen molar-refractivity contribution in [2.75, 3.05) is 5.75 Å². The summed E-state index contributed by atoms with van der Waals surface area (Å²) in [6, 6.07) is 5.38. The summed E-state index contributed by atoms with van der Waals surface area (Å²) < 4.78 is 0. The molecule has 0 fully saturated rings. The fourth-order valence-corrected chi connectivity index (χ4v) is 1.59. The summed E-state index contributed by atoms with van der Waals surface area (Å²) in [4.78, 5) is 20.9. The number of carboxylic acid groups (broad SMARTS) is 1. The van der Waals surface area contributed by atoms with Gasteiger partial charge in [-0.25, -0.2) is 0 Å². The zero-order chi connectivity index (χ0) is 12.8.